The molecule has 0 aliphatic carbocycles. The average Bonchev–Trinajstić information content (AvgIpc) is 2.34. The van der Waals surface area contributed by atoms with Crippen LogP contribution in [0.25, 0.3) is 0 Å². The van der Waals surface area contributed by atoms with Crippen molar-refractivity contribution < 1.29 is 31.5 Å². The van der Waals surface area contributed by atoms with Crippen molar-refractivity contribution in [2.75, 3.05) is 0 Å². The van der Waals surface area contributed by atoms with Crippen LogP contribution in [0.5, 0.6) is 0 Å². The molecule has 0 bridgehead atoms. The van der Waals surface area contributed by atoms with Crippen LogP contribution in [-0.2, 0) is 9.53 Å². The second-order valence-electron chi connectivity index (χ2n) is 3.96. The van der Waals surface area contributed by atoms with Crippen LogP contribution < -0.4 is 0 Å². The van der Waals surface area contributed by atoms with Crippen molar-refractivity contribution in [3.05, 3.63) is 35.9 Å². The van der Waals surface area contributed by atoms with Crippen LogP contribution in [-0.4, -0.2) is 23.4 Å². The number of alkyl halides is 6. The normalized spacial score (nSPS) is 15.6. The number of carbonyl (C=O) groups excluding carboxylic acids is 1. The predicted molar refractivity (Wildman–Crippen MR) is 61.6 cm³/mol. The zero-order chi connectivity index (χ0) is 15.6. The first-order valence-corrected chi connectivity index (χ1v) is 5.85. The van der Waals surface area contributed by atoms with Crippen LogP contribution >= 0.6 is 11.6 Å². The lowest BCUT2D eigenvalue weighted by Gasteiger charge is -2.28. The van der Waals surface area contributed by atoms with Gasteiger partial charge in [-0.1, -0.05) is 30.3 Å². The molecule has 20 heavy (non-hydrogen) atoms. The SMILES string of the molecule is CC(Cl)C(=O)OC(c1ccccc1)C(F)(F)C(F)(F)F. The van der Waals surface area contributed by atoms with E-state index in [0.717, 1.165) is 19.1 Å². The Morgan fingerprint density at radius 3 is 2.05 bits per heavy atom. The Morgan fingerprint density at radius 2 is 1.65 bits per heavy atom. The van der Waals surface area contributed by atoms with Crippen LogP contribution in [0.4, 0.5) is 22.0 Å². The minimum absolute atomic E-state index is 0.472. The molecule has 112 valence electrons. The largest absolute Gasteiger partial charge is 0.457 e. The lowest BCUT2D eigenvalue weighted by atomic mass is 10.0. The van der Waals surface area contributed by atoms with E-state index in [0.29, 0.717) is 0 Å². The Hall–Kier alpha value is -1.37. The molecule has 0 N–H and O–H groups in total. The maximum Gasteiger partial charge on any atom is 0.457 e. The smallest absolute Gasteiger partial charge is 0.450 e. The van der Waals surface area contributed by atoms with E-state index in [1.807, 2.05) is 0 Å². The maximum atomic E-state index is 13.5. The summed E-state index contributed by atoms with van der Waals surface area (Å²) in [6.45, 7) is 1.11. The summed E-state index contributed by atoms with van der Waals surface area (Å²) in [6, 6.07) is 5.96. The first kappa shape index (κ1) is 16.7. The summed E-state index contributed by atoms with van der Waals surface area (Å²) in [7, 11) is 0. The number of rotatable bonds is 4. The number of esters is 1. The molecule has 1 rings (SSSR count). The lowest BCUT2D eigenvalue weighted by Crippen LogP contribution is -2.44. The van der Waals surface area contributed by atoms with Crippen LogP contribution in [0.1, 0.15) is 18.6 Å². The minimum atomic E-state index is -5.86. The number of hydrogen-bond acceptors (Lipinski definition) is 2. The first-order valence-electron chi connectivity index (χ1n) is 5.41. The van der Waals surface area contributed by atoms with Crippen molar-refractivity contribution >= 4 is 17.6 Å². The molecule has 0 spiro atoms. The quantitative estimate of drug-likeness (QED) is 0.475. The zero-order valence-corrected chi connectivity index (χ0v) is 10.9. The highest BCUT2D eigenvalue weighted by molar-refractivity contribution is 6.29. The fourth-order valence-corrected chi connectivity index (χ4v) is 1.39. The summed E-state index contributed by atoms with van der Waals surface area (Å²) in [6.07, 6.45) is -8.64. The van der Waals surface area contributed by atoms with Gasteiger partial charge < -0.3 is 4.74 Å². The molecule has 2 unspecified atom stereocenters. The molecule has 0 saturated heterocycles. The van der Waals surface area contributed by atoms with Gasteiger partial charge in [-0.05, 0) is 12.5 Å². The van der Waals surface area contributed by atoms with Crippen molar-refractivity contribution in [1.29, 1.82) is 0 Å². The molecule has 0 aliphatic heterocycles. The molecule has 0 aliphatic rings. The second-order valence-corrected chi connectivity index (χ2v) is 4.62. The van der Waals surface area contributed by atoms with E-state index in [9.17, 15) is 26.7 Å². The Morgan fingerprint density at radius 1 is 1.15 bits per heavy atom. The van der Waals surface area contributed by atoms with E-state index < -0.39 is 35.1 Å². The summed E-state index contributed by atoms with van der Waals surface area (Å²) in [5.74, 6) is -6.58. The van der Waals surface area contributed by atoms with Gasteiger partial charge in [0.25, 0.3) is 0 Å². The second kappa shape index (κ2) is 5.95. The van der Waals surface area contributed by atoms with Crippen molar-refractivity contribution in [2.45, 2.75) is 30.5 Å². The molecule has 1 aromatic carbocycles. The fraction of sp³-hybridized carbons (Fsp3) is 0.417. The van der Waals surface area contributed by atoms with E-state index >= 15 is 0 Å². The van der Waals surface area contributed by atoms with E-state index in [1.54, 1.807) is 0 Å². The summed E-state index contributed by atoms with van der Waals surface area (Å²) >= 11 is 5.32. The van der Waals surface area contributed by atoms with Crippen LogP contribution in [0.15, 0.2) is 30.3 Å². The zero-order valence-electron chi connectivity index (χ0n) is 10.1. The molecule has 1 aromatic rings. The highest BCUT2D eigenvalue weighted by Crippen LogP contribution is 2.46. The highest BCUT2D eigenvalue weighted by atomic mass is 35.5. The number of carbonyl (C=O) groups is 1. The fourth-order valence-electron chi connectivity index (χ4n) is 1.34. The molecule has 0 saturated carbocycles. The minimum Gasteiger partial charge on any atom is -0.450 e. The van der Waals surface area contributed by atoms with E-state index in [2.05, 4.69) is 4.74 Å². The van der Waals surface area contributed by atoms with Crippen molar-refractivity contribution in [3.63, 3.8) is 0 Å². The summed E-state index contributed by atoms with van der Waals surface area (Å²) < 4.78 is 68.5. The topological polar surface area (TPSA) is 26.3 Å². The molecule has 2 atom stereocenters. The third-order valence-electron chi connectivity index (χ3n) is 2.37. The third-order valence-corrected chi connectivity index (χ3v) is 2.55. The Labute approximate surface area is 116 Å². The molecule has 0 heterocycles. The van der Waals surface area contributed by atoms with Crippen molar-refractivity contribution in [2.24, 2.45) is 0 Å². The Kier molecular flexibility index (Phi) is 4.96. The van der Waals surface area contributed by atoms with Crippen LogP contribution in [0, 0.1) is 0 Å². The molecular formula is C12H10ClF5O2. The number of ether oxygens (including phenoxy) is 1. The molecule has 0 amide bonds. The van der Waals surface area contributed by atoms with Gasteiger partial charge in [-0.3, -0.25) is 4.79 Å². The predicted octanol–water partition coefficient (Wildman–Crippen LogP) is 4.10. The highest BCUT2D eigenvalue weighted by Gasteiger charge is 2.64. The summed E-state index contributed by atoms with van der Waals surface area (Å²) in [5, 5.41) is -1.34. The van der Waals surface area contributed by atoms with Gasteiger partial charge in [-0.25, -0.2) is 0 Å². The van der Waals surface area contributed by atoms with Gasteiger partial charge in [0.1, 0.15) is 5.38 Å². The number of hydrogen-bond donors (Lipinski definition) is 0. The van der Waals surface area contributed by atoms with Crippen LogP contribution in [0.2, 0.25) is 0 Å². The first-order chi connectivity index (χ1) is 9.07. The third kappa shape index (κ3) is 3.59. The van der Waals surface area contributed by atoms with Crippen LogP contribution in [0.3, 0.4) is 0 Å². The molecule has 0 radical (unpaired) electrons. The molecular weight excluding hydrogens is 307 g/mol. The standard InChI is InChI=1S/C12H10ClF5O2/c1-7(13)10(19)20-9(8-5-3-2-4-6-8)11(14,15)12(16,17)18/h2-7,9H,1H3. The van der Waals surface area contributed by atoms with Gasteiger partial charge in [-0.2, -0.15) is 22.0 Å². The Bertz CT molecular complexity index is 459. The molecule has 0 aromatic heterocycles. The maximum absolute atomic E-state index is 13.5. The summed E-state index contributed by atoms with van der Waals surface area (Å²) in [4.78, 5) is 11.2. The van der Waals surface area contributed by atoms with E-state index in [1.165, 1.54) is 18.2 Å². The monoisotopic (exact) mass is 316 g/mol. The van der Waals surface area contributed by atoms with Crippen molar-refractivity contribution in [3.8, 4) is 0 Å². The van der Waals surface area contributed by atoms with Gasteiger partial charge >= 0.3 is 18.1 Å². The lowest BCUT2D eigenvalue weighted by molar-refractivity contribution is -0.316. The number of benzene rings is 1. The van der Waals surface area contributed by atoms with E-state index in [4.69, 9.17) is 11.6 Å². The molecule has 2 nitrogen and oxygen atoms in total. The van der Waals surface area contributed by atoms with E-state index in [-0.39, 0.29) is 0 Å². The Balaban J connectivity index is 3.19. The van der Waals surface area contributed by atoms with Gasteiger partial charge in [0.15, 0.2) is 6.10 Å². The van der Waals surface area contributed by atoms with Gasteiger partial charge in [0.05, 0.1) is 0 Å². The van der Waals surface area contributed by atoms with Gasteiger partial charge in [0, 0.05) is 0 Å². The van der Waals surface area contributed by atoms with Gasteiger partial charge in [0.2, 0.25) is 0 Å². The van der Waals surface area contributed by atoms with Crippen molar-refractivity contribution in [1.82, 2.24) is 0 Å². The molecule has 0 fully saturated rings. The summed E-state index contributed by atoms with van der Waals surface area (Å²) in [5.41, 5.74) is -0.472. The molecule has 8 heteroatoms. The average molecular weight is 317 g/mol. The van der Waals surface area contributed by atoms with Gasteiger partial charge in [-0.15, -0.1) is 11.6 Å². The number of halogens is 6.